The summed E-state index contributed by atoms with van der Waals surface area (Å²) >= 11 is 0. The summed E-state index contributed by atoms with van der Waals surface area (Å²) in [6.07, 6.45) is 1.51. The van der Waals surface area contributed by atoms with E-state index in [1.165, 1.54) is 7.05 Å². The lowest BCUT2D eigenvalue weighted by atomic mass is 9.74. The molecule has 2 heterocycles. The van der Waals surface area contributed by atoms with E-state index in [0.29, 0.717) is 39.0 Å². The second kappa shape index (κ2) is 4.69. The standard InChI is InChI=1S/C14H20N2O5/c1-15-10(17)13(2-3-13)11(18)16-6-9-7-21-5-4-14(9,8-16)12(19)20/h9H,2-8H2,1H3,(H,15,17)(H,19,20)/t9-,14+/m0/s1. The largest absolute Gasteiger partial charge is 0.481 e. The summed E-state index contributed by atoms with van der Waals surface area (Å²) in [5, 5.41) is 12.1. The second-order valence-corrected chi connectivity index (χ2v) is 6.33. The van der Waals surface area contributed by atoms with Crippen LogP contribution in [0.15, 0.2) is 0 Å². The Kier molecular flexibility index (Phi) is 3.20. The van der Waals surface area contributed by atoms with Gasteiger partial charge in [0.05, 0.1) is 12.0 Å². The number of fused-ring (bicyclic) bond motifs is 1. The van der Waals surface area contributed by atoms with E-state index in [-0.39, 0.29) is 24.3 Å². The van der Waals surface area contributed by atoms with Gasteiger partial charge in [-0.05, 0) is 19.3 Å². The average Bonchev–Trinajstić information content (AvgIpc) is 3.19. The first-order valence-corrected chi connectivity index (χ1v) is 7.29. The Morgan fingerprint density at radius 1 is 1.29 bits per heavy atom. The molecule has 1 aliphatic carbocycles. The predicted octanol–water partition coefficient (Wildman–Crippen LogP) is -0.538. The molecule has 3 rings (SSSR count). The fraction of sp³-hybridized carbons (Fsp3) is 0.786. The minimum atomic E-state index is -0.956. The number of likely N-dealkylation sites (tertiary alicyclic amines) is 1. The summed E-state index contributed by atoms with van der Waals surface area (Å²) in [5.41, 5.74) is -1.87. The SMILES string of the molecule is CNC(=O)C1(C(=O)N2C[C@H]3COCC[C@@]3(C(=O)O)C2)CC1. The third-order valence-corrected chi connectivity index (χ3v) is 5.24. The van der Waals surface area contributed by atoms with Crippen molar-refractivity contribution in [2.24, 2.45) is 16.7 Å². The van der Waals surface area contributed by atoms with E-state index in [0.717, 1.165) is 0 Å². The van der Waals surface area contributed by atoms with Crippen molar-refractivity contribution in [3.63, 3.8) is 0 Å². The maximum atomic E-state index is 12.7. The minimum absolute atomic E-state index is 0.187. The number of nitrogens with zero attached hydrogens (tertiary/aromatic N) is 1. The highest BCUT2D eigenvalue weighted by Gasteiger charge is 2.62. The molecule has 0 aromatic carbocycles. The van der Waals surface area contributed by atoms with Crippen LogP contribution in [-0.4, -0.2) is 61.1 Å². The molecule has 0 aromatic heterocycles. The monoisotopic (exact) mass is 296 g/mol. The van der Waals surface area contributed by atoms with Gasteiger partial charge in [-0.15, -0.1) is 0 Å². The first kappa shape index (κ1) is 14.3. The number of rotatable bonds is 3. The molecule has 0 spiro atoms. The van der Waals surface area contributed by atoms with Gasteiger partial charge in [-0.3, -0.25) is 14.4 Å². The highest BCUT2D eigenvalue weighted by Crippen LogP contribution is 2.50. The van der Waals surface area contributed by atoms with Gasteiger partial charge in [-0.1, -0.05) is 0 Å². The zero-order chi connectivity index (χ0) is 15.3. The smallest absolute Gasteiger partial charge is 0.311 e. The van der Waals surface area contributed by atoms with Crippen LogP contribution in [0.1, 0.15) is 19.3 Å². The van der Waals surface area contributed by atoms with Gasteiger partial charge in [0, 0.05) is 32.7 Å². The average molecular weight is 296 g/mol. The molecule has 7 heteroatoms. The molecule has 2 atom stereocenters. The summed E-state index contributed by atoms with van der Waals surface area (Å²) in [6, 6.07) is 0. The Labute approximate surface area is 122 Å². The molecule has 116 valence electrons. The van der Waals surface area contributed by atoms with Crippen LogP contribution in [-0.2, 0) is 19.1 Å². The fourth-order valence-electron chi connectivity index (χ4n) is 3.66. The van der Waals surface area contributed by atoms with Crippen LogP contribution in [0.25, 0.3) is 0 Å². The van der Waals surface area contributed by atoms with Crippen molar-refractivity contribution in [1.82, 2.24) is 10.2 Å². The zero-order valence-electron chi connectivity index (χ0n) is 12.1. The number of carbonyl (C=O) groups is 3. The number of ether oxygens (including phenoxy) is 1. The van der Waals surface area contributed by atoms with E-state index in [9.17, 15) is 19.5 Å². The van der Waals surface area contributed by atoms with E-state index >= 15 is 0 Å². The Hall–Kier alpha value is -1.63. The van der Waals surface area contributed by atoms with Crippen LogP contribution in [0.3, 0.4) is 0 Å². The highest BCUT2D eigenvalue weighted by molar-refractivity contribution is 6.08. The van der Waals surface area contributed by atoms with Crippen LogP contribution >= 0.6 is 0 Å². The lowest BCUT2D eigenvalue weighted by molar-refractivity contribution is -0.157. The molecule has 7 nitrogen and oxygen atoms in total. The number of carboxylic acid groups (broad SMARTS) is 1. The third kappa shape index (κ3) is 1.94. The molecular formula is C14H20N2O5. The molecule has 0 radical (unpaired) electrons. The first-order valence-electron chi connectivity index (χ1n) is 7.29. The number of hydrogen-bond donors (Lipinski definition) is 2. The number of hydrogen-bond acceptors (Lipinski definition) is 4. The van der Waals surface area contributed by atoms with Crippen molar-refractivity contribution < 1.29 is 24.2 Å². The molecule has 0 aromatic rings. The summed E-state index contributed by atoms with van der Waals surface area (Å²) in [6.45, 7) is 1.33. The Balaban J connectivity index is 1.81. The van der Waals surface area contributed by atoms with Gasteiger partial charge in [-0.2, -0.15) is 0 Å². The molecule has 2 aliphatic heterocycles. The summed E-state index contributed by atoms with van der Waals surface area (Å²) in [4.78, 5) is 37.9. The number of carboxylic acids is 1. The van der Waals surface area contributed by atoms with E-state index in [1.807, 2.05) is 0 Å². The Morgan fingerprint density at radius 3 is 2.52 bits per heavy atom. The molecule has 2 amide bonds. The Bertz CT molecular complexity index is 502. The van der Waals surface area contributed by atoms with Crippen LogP contribution in [0.5, 0.6) is 0 Å². The molecular weight excluding hydrogens is 276 g/mol. The summed E-state index contributed by atoms with van der Waals surface area (Å²) < 4.78 is 5.38. The van der Waals surface area contributed by atoms with Crippen LogP contribution in [0.4, 0.5) is 0 Å². The van der Waals surface area contributed by atoms with E-state index in [1.54, 1.807) is 4.90 Å². The second-order valence-electron chi connectivity index (χ2n) is 6.33. The summed E-state index contributed by atoms with van der Waals surface area (Å²) in [5.74, 6) is -1.54. The quantitative estimate of drug-likeness (QED) is 0.682. The molecule has 1 saturated carbocycles. The van der Waals surface area contributed by atoms with Crippen LogP contribution < -0.4 is 5.32 Å². The van der Waals surface area contributed by atoms with Gasteiger partial charge >= 0.3 is 5.97 Å². The molecule has 3 aliphatic rings. The number of nitrogens with one attached hydrogen (secondary N) is 1. The number of carbonyl (C=O) groups excluding carboxylic acids is 2. The minimum Gasteiger partial charge on any atom is -0.481 e. The molecule has 0 bridgehead atoms. The zero-order valence-corrected chi connectivity index (χ0v) is 12.1. The maximum absolute atomic E-state index is 12.7. The van der Waals surface area contributed by atoms with Gasteiger partial charge in [0.1, 0.15) is 5.41 Å². The van der Waals surface area contributed by atoms with Crippen molar-refractivity contribution in [3.05, 3.63) is 0 Å². The molecule has 2 saturated heterocycles. The molecule has 3 fully saturated rings. The lowest BCUT2D eigenvalue weighted by Crippen LogP contribution is -2.46. The molecule has 0 unspecified atom stereocenters. The van der Waals surface area contributed by atoms with Crippen molar-refractivity contribution in [2.75, 3.05) is 33.4 Å². The summed E-state index contributed by atoms with van der Waals surface area (Å²) in [7, 11) is 1.52. The van der Waals surface area contributed by atoms with E-state index in [4.69, 9.17) is 4.74 Å². The lowest BCUT2D eigenvalue weighted by Gasteiger charge is -2.33. The maximum Gasteiger partial charge on any atom is 0.311 e. The van der Waals surface area contributed by atoms with Crippen molar-refractivity contribution >= 4 is 17.8 Å². The van der Waals surface area contributed by atoms with Gasteiger partial charge in [0.25, 0.3) is 0 Å². The van der Waals surface area contributed by atoms with E-state index < -0.39 is 16.8 Å². The number of amides is 2. The van der Waals surface area contributed by atoms with Gasteiger partial charge in [0.2, 0.25) is 11.8 Å². The van der Waals surface area contributed by atoms with Crippen LogP contribution in [0.2, 0.25) is 0 Å². The molecule has 2 N–H and O–H groups in total. The van der Waals surface area contributed by atoms with Crippen molar-refractivity contribution in [3.8, 4) is 0 Å². The Morgan fingerprint density at radius 2 is 2.00 bits per heavy atom. The fourth-order valence-corrected chi connectivity index (χ4v) is 3.66. The highest BCUT2D eigenvalue weighted by atomic mass is 16.5. The van der Waals surface area contributed by atoms with Gasteiger partial charge in [0.15, 0.2) is 0 Å². The third-order valence-electron chi connectivity index (χ3n) is 5.24. The van der Waals surface area contributed by atoms with Crippen LogP contribution in [0, 0.1) is 16.7 Å². The normalized spacial score (nSPS) is 33.2. The van der Waals surface area contributed by atoms with Crippen molar-refractivity contribution in [2.45, 2.75) is 19.3 Å². The predicted molar refractivity (Wildman–Crippen MR) is 71.3 cm³/mol. The van der Waals surface area contributed by atoms with Crippen molar-refractivity contribution in [1.29, 1.82) is 0 Å². The molecule has 21 heavy (non-hydrogen) atoms. The number of aliphatic carboxylic acids is 1. The van der Waals surface area contributed by atoms with Gasteiger partial charge in [-0.25, -0.2) is 0 Å². The van der Waals surface area contributed by atoms with Gasteiger partial charge < -0.3 is 20.1 Å². The van der Waals surface area contributed by atoms with E-state index in [2.05, 4.69) is 5.32 Å². The topological polar surface area (TPSA) is 95.9 Å². The first-order chi connectivity index (χ1) is 9.96.